The lowest BCUT2D eigenvalue weighted by Gasteiger charge is -2.26. The lowest BCUT2D eigenvalue weighted by molar-refractivity contribution is -0.133. The highest BCUT2D eigenvalue weighted by Crippen LogP contribution is 2.30. The van der Waals surface area contributed by atoms with E-state index in [0.717, 1.165) is 36.6 Å². The standard InChI is InChI=1S/C15H22N2O3S/c1-11-2-4-12(5-3-11)6-8-17-9-7-13(18)16-15(17)21-10-14(19)20/h7,9,11-12H,2-6,8,10H2,1H3,(H,19,20). The molecule has 1 aliphatic rings. The maximum Gasteiger partial charge on any atom is 0.313 e. The van der Waals surface area contributed by atoms with Gasteiger partial charge in [-0.25, -0.2) is 0 Å². The summed E-state index contributed by atoms with van der Waals surface area (Å²) in [6.45, 7) is 3.11. The number of hydrogen-bond acceptors (Lipinski definition) is 4. The number of carboxylic acids is 1. The normalized spacial score (nSPS) is 22.1. The van der Waals surface area contributed by atoms with Crippen LogP contribution in [0.25, 0.3) is 0 Å². The monoisotopic (exact) mass is 310 g/mol. The summed E-state index contributed by atoms with van der Waals surface area (Å²) in [5.74, 6) is 0.609. The molecular weight excluding hydrogens is 288 g/mol. The molecule has 0 aliphatic heterocycles. The summed E-state index contributed by atoms with van der Waals surface area (Å²) < 4.78 is 1.91. The number of aliphatic carboxylic acids is 1. The van der Waals surface area contributed by atoms with Crippen LogP contribution in [0.3, 0.4) is 0 Å². The van der Waals surface area contributed by atoms with Crippen LogP contribution in [0.4, 0.5) is 0 Å². The first-order valence-corrected chi connectivity index (χ1v) is 8.45. The minimum atomic E-state index is -0.897. The molecule has 0 bridgehead atoms. The summed E-state index contributed by atoms with van der Waals surface area (Å²) in [5.41, 5.74) is -0.314. The van der Waals surface area contributed by atoms with Gasteiger partial charge in [-0.05, 0) is 18.3 Å². The first kappa shape index (κ1) is 16.1. The number of carbonyl (C=O) groups is 1. The Hall–Kier alpha value is -1.30. The van der Waals surface area contributed by atoms with E-state index < -0.39 is 5.97 Å². The molecule has 0 saturated heterocycles. The molecule has 1 heterocycles. The summed E-state index contributed by atoms with van der Waals surface area (Å²) in [7, 11) is 0. The Morgan fingerprint density at radius 2 is 2.14 bits per heavy atom. The number of thioether (sulfide) groups is 1. The molecule has 1 saturated carbocycles. The Bertz CT molecular complexity index is 536. The topological polar surface area (TPSA) is 72.2 Å². The van der Waals surface area contributed by atoms with Crippen molar-refractivity contribution < 1.29 is 9.90 Å². The van der Waals surface area contributed by atoms with Crippen LogP contribution in [0.5, 0.6) is 0 Å². The van der Waals surface area contributed by atoms with E-state index >= 15 is 0 Å². The van der Waals surface area contributed by atoms with Crippen LogP contribution in [0.2, 0.25) is 0 Å². The lowest BCUT2D eigenvalue weighted by Crippen LogP contribution is -2.18. The molecule has 5 nitrogen and oxygen atoms in total. The number of rotatable bonds is 6. The predicted octanol–water partition coefficient (Wildman–Crippen LogP) is 2.64. The average Bonchev–Trinajstić information content (AvgIpc) is 2.45. The number of aryl methyl sites for hydroxylation is 1. The molecule has 0 atom stereocenters. The fourth-order valence-corrected chi connectivity index (χ4v) is 3.49. The van der Waals surface area contributed by atoms with Gasteiger partial charge in [0.15, 0.2) is 5.16 Å². The second-order valence-corrected chi connectivity index (χ2v) is 6.78. The largest absolute Gasteiger partial charge is 0.481 e. The number of hydrogen-bond donors (Lipinski definition) is 1. The zero-order valence-electron chi connectivity index (χ0n) is 12.3. The second kappa shape index (κ2) is 7.64. The van der Waals surface area contributed by atoms with Gasteiger partial charge in [-0.3, -0.25) is 9.59 Å². The number of nitrogens with zero attached hydrogens (tertiary/aromatic N) is 2. The minimum Gasteiger partial charge on any atom is -0.481 e. The van der Waals surface area contributed by atoms with Gasteiger partial charge in [0.25, 0.3) is 5.56 Å². The maximum atomic E-state index is 11.3. The highest BCUT2D eigenvalue weighted by atomic mass is 32.2. The highest BCUT2D eigenvalue weighted by Gasteiger charge is 2.18. The van der Waals surface area contributed by atoms with Crippen molar-refractivity contribution in [1.29, 1.82) is 0 Å². The van der Waals surface area contributed by atoms with Crippen molar-refractivity contribution in [1.82, 2.24) is 9.55 Å². The van der Waals surface area contributed by atoms with Crippen LogP contribution in [-0.2, 0) is 11.3 Å². The molecular formula is C15H22N2O3S. The summed E-state index contributed by atoms with van der Waals surface area (Å²) in [5, 5.41) is 9.27. The minimum absolute atomic E-state index is 0.0720. The van der Waals surface area contributed by atoms with Gasteiger partial charge in [-0.1, -0.05) is 44.4 Å². The Morgan fingerprint density at radius 3 is 2.81 bits per heavy atom. The first-order chi connectivity index (χ1) is 10.0. The molecule has 2 rings (SSSR count). The molecule has 116 valence electrons. The van der Waals surface area contributed by atoms with Gasteiger partial charge in [-0.2, -0.15) is 4.98 Å². The molecule has 1 aliphatic carbocycles. The fraction of sp³-hybridized carbons (Fsp3) is 0.667. The van der Waals surface area contributed by atoms with Crippen LogP contribution in [-0.4, -0.2) is 26.4 Å². The van der Waals surface area contributed by atoms with Crippen molar-refractivity contribution in [3.8, 4) is 0 Å². The molecule has 21 heavy (non-hydrogen) atoms. The van der Waals surface area contributed by atoms with Crippen molar-refractivity contribution in [3.63, 3.8) is 0 Å². The summed E-state index contributed by atoms with van der Waals surface area (Å²) >= 11 is 1.11. The SMILES string of the molecule is CC1CCC(CCn2ccc(=O)nc2SCC(=O)O)CC1. The first-order valence-electron chi connectivity index (χ1n) is 7.46. The van der Waals surface area contributed by atoms with Gasteiger partial charge < -0.3 is 9.67 Å². The van der Waals surface area contributed by atoms with E-state index in [9.17, 15) is 9.59 Å². The van der Waals surface area contributed by atoms with E-state index in [1.165, 1.54) is 31.7 Å². The molecule has 0 aromatic carbocycles. The average molecular weight is 310 g/mol. The van der Waals surface area contributed by atoms with Crippen molar-refractivity contribution in [2.24, 2.45) is 11.8 Å². The molecule has 1 fully saturated rings. The summed E-state index contributed by atoms with van der Waals surface area (Å²) in [4.78, 5) is 25.9. The van der Waals surface area contributed by atoms with Crippen LogP contribution in [0.15, 0.2) is 22.2 Å². The summed E-state index contributed by atoms with van der Waals surface area (Å²) in [6.07, 6.45) is 7.93. The van der Waals surface area contributed by atoms with E-state index in [0.29, 0.717) is 5.16 Å². The third-order valence-electron chi connectivity index (χ3n) is 4.09. The molecule has 0 unspecified atom stereocenters. The Morgan fingerprint density at radius 1 is 1.43 bits per heavy atom. The van der Waals surface area contributed by atoms with Crippen molar-refractivity contribution in [3.05, 3.63) is 22.6 Å². The second-order valence-electron chi connectivity index (χ2n) is 5.84. The van der Waals surface area contributed by atoms with Crippen molar-refractivity contribution in [2.45, 2.75) is 50.7 Å². The van der Waals surface area contributed by atoms with E-state index in [2.05, 4.69) is 11.9 Å². The van der Waals surface area contributed by atoms with Gasteiger partial charge in [0, 0.05) is 18.8 Å². The van der Waals surface area contributed by atoms with Crippen LogP contribution in [0, 0.1) is 11.8 Å². The van der Waals surface area contributed by atoms with Crippen molar-refractivity contribution in [2.75, 3.05) is 5.75 Å². The van der Waals surface area contributed by atoms with Crippen LogP contribution < -0.4 is 5.56 Å². The van der Waals surface area contributed by atoms with E-state index in [-0.39, 0.29) is 11.3 Å². The van der Waals surface area contributed by atoms with Gasteiger partial charge in [0.2, 0.25) is 0 Å². The zero-order valence-corrected chi connectivity index (χ0v) is 13.1. The van der Waals surface area contributed by atoms with Gasteiger partial charge in [0.05, 0.1) is 5.75 Å². The summed E-state index contributed by atoms with van der Waals surface area (Å²) in [6, 6.07) is 1.44. The van der Waals surface area contributed by atoms with Gasteiger partial charge in [0.1, 0.15) is 0 Å². The molecule has 6 heteroatoms. The molecule has 1 aromatic rings. The van der Waals surface area contributed by atoms with Gasteiger partial charge >= 0.3 is 5.97 Å². The van der Waals surface area contributed by atoms with E-state index in [1.807, 2.05) is 4.57 Å². The van der Waals surface area contributed by atoms with E-state index in [1.54, 1.807) is 6.20 Å². The Labute approximate surface area is 128 Å². The zero-order chi connectivity index (χ0) is 15.2. The quantitative estimate of drug-likeness (QED) is 0.646. The number of carboxylic acid groups (broad SMARTS) is 1. The maximum absolute atomic E-state index is 11.3. The van der Waals surface area contributed by atoms with Crippen LogP contribution >= 0.6 is 11.8 Å². The smallest absolute Gasteiger partial charge is 0.313 e. The molecule has 1 aromatic heterocycles. The molecule has 0 amide bonds. The highest BCUT2D eigenvalue weighted by molar-refractivity contribution is 7.99. The van der Waals surface area contributed by atoms with Crippen LogP contribution in [0.1, 0.15) is 39.0 Å². The Kier molecular flexibility index (Phi) is 5.85. The third-order valence-corrected chi connectivity index (χ3v) is 5.06. The number of aromatic nitrogens is 2. The molecule has 0 radical (unpaired) electrons. The van der Waals surface area contributed by atoms with Gasteiger partial charge in [-0.15, -0.1) is 0 Å². The van der Waals surface area contributed by atoms with Crippen molar-refractivity contribution >= 4 is 17.7 Å². The molecule has 1 N–H and O–H groups in total. The third kappa shape index (κ3) is 5.19. The predicted molar refractivity (Wildman–Crippen MR) is 82.6 cm³/mol. The lowest BCUT2D eigenvalue weighted by atomic mass is 9.81. The molecule has 0 spiro atoms. The van der Waals surface area contributed by atoms with E-state index in [4.69, 9.17) is 5.11 Å². The fourth-order valence-electron chi connectivity index (χ4n) is 2.76. The Balaban J connectivity index is 1.95.